The molecule has 2 aliphatic carbocycles. The second-order valence-electron chi connectivity index (χ2n) is 10.1. The minimum absolute atomic E-state index is 0.0865. The fraction of sp³-hybridized carbons (Fsp3) is 0.333. The largest absolute Gasteiger partial charge is 0.345 e. The molecule has 2 N–H and O–H groups in total. The number of fused-ring (bicyclic) bond motifs is 5. The van der Waals surface area contributed by atoms with Crippen molar-refractivity contribution in [3.63, 3.8) is 0 Å². The highest BCUT2D eigenvalue weighted by Gasteiger charge is 2.48. The van der Waals surface area contributed by atoms with Gasteiger partial charge in [0.2, 0.25) is 5.91 Å². The lowest BCUT2D eigenvalue weighted by Gasteiger charge is -2.22. The van der Waals surface area contributed by atoms with Crippen LogP contribution in [0.5, 0.6) is 0 Å². The van der Waals surface area contributed by atoms with Crippen molar-refractivity contribution in [2.75, 3.05) is 0 Å². The second kappa shape index (κ2) is 8.63. The number of amides is 1. The Morgan fingerprint density at radius 2 is 2.00 bits per heavy atom. The minimum atomic E-state index is -0.370. The topological polar surface area (TPSA) is 84.7 Å². The minimum Gasteiger partial charge on any atom is -0.345 e. The summed E-state index contributed by atoms with van der Waals surface area (Å²) < 4.78 is 2.16. The van der Waals surface area contributed by atoms with Crippen LogP contribution in [0.25, 0.3) is 5.00 Å². The third kappa shape index (κ3) is 3.81. The fourth-order valence-corrected chi connectivity index (χ4v) is 7.59. The molecule has 4 aromatic rings. The van der Waals surface area contributed by atoms with Crippen molar-refractivity contribution in [1.82, 2.24) is 30.4 Å². The third-order valence-electron chi connectivity index (χ3n) is 7.76. The van der Waals surface area contributed by atoms with Gasteiger partial charge in [-0.1, -0.05) is 41.4 Å². The Labute approximate surface area is 228 Å². The predicted molar refractivity (Wildman–Crippen MR) is 143 cm³/mol. The summed E-state index contributed by atoms with van der Waals surface area (Å²) in [5.74, 6) is 1.71. The van der Waals surface area contributed by atoms with E-state index in [4.69, 9.17) is 23.2 Å². The quantitative estimate of drug-likeness (QED) is 0.371. The highest BCUT2D eigenvalue weighted by molar-refractivity contribution is 7.15. The van der Waals surface area contributed by atoms with Crippen LogP contribution >= 0.6 is 34.5 Å². The van der Waals surface area contributed by atoms with Gasteiger partial charge in [0.1, 0.15) is 10.8 Å². The molecule has 0 saturated heterocycles. The molecular formula is C27H24Cl2N6OS. The molecule has 1 fully saturated rings. The van der Waals surface area contributed by atoms with Crippen molar-refractivity contribution in [3.8, 4) is 5.00 Å². The van der Waals surface area contributed by atoms with Crippen LogP contribution in [-0.4, -0.2) is 25.7 Å². The Kier molecular flexibility index (Phi) is 5.44. The number of aromatic nitrogens is 4. The number of halogens is 2. The molecule has 1 aliphatic heterocycles. The summed E-state index contributed by atoms with van der Waals surface area (Å²) in [5.41, 5.74) is 3.97. The number of nitrogens with one attached hydrogen (secondary N) is 2. The van der Waals surface area contributed by atoms with Gasteiger partial charge >= 0.3 is 0 Å². The average Bonchev–Trinajstić information content (AvgIpc) is 3.27. The van der Waals surface area contributed by atoms with E-state index in [2.05, 4.69) is 36.4 Å². The van der Waals surface area contributed by atoms with E-state index in [0.717, 1.165) is 45.8 Å². The van der Waals surface area contributed by atoms with Crippen molar-refractivity contribution in [1.29, 1.82) is 0 Å². The number of pyridine rings is 1. The van der Waals surface area contributed by atoms with Crippen molar-refractivity contribution < 1.29 is 4.79 Å². The Morgan fingerprint density at radius 1 is 1.16 bits per heavy atom. The fourth-order valence-electron chi connectivity index (χ4n) is 5.71. The summed E-state index contributed by atoms with van der Waals surface area (Å²) in [6.45, 7) is 2.56. The molecule has 0 bridgehead atoms. The standard InChI is InChI=1S/C27H24Cl2N6OS/c1-14-33-34-22-13-31-24(17-4-2-3-5-19(17)29)23-18-10-15(11-20(18)37-26(23)35(14)22)25(36)32-27(8-9-27)21-7-6-16(28)12-30-21/h2-7,12,15,24,31H,8-11,13H2,1H3,(H,32,36)/t15-,24-/m0/s1. The van der Waals surface area contributed by atoms with Crippen LogP contribution in [0.2, 0.25) is 10.0 Å². The Balaban J connectivity index is 1.23. The van der Waals surface area contributed by atoms with Gasteiger partial charge < -0.3 is 5.32 Å². The summed E-state index contributed by atoms with van der Waals surface area (Å²) in [5, 5.41) is 18.2. The number of thiophene rings is 1. The number of carbonyl (C=O) groups is 1. The molecule has 1 amide bonds. The summed E-state index contributed by atoms with van der Waals surface area (Å²) in [6.07, 6.45) is 4.84. The number of hydrogen-bond donors (Lipinski definition) is 2. The summed E-state index contributed by atoms with van der Waals surface area (Å²) in [7, 11) is 0. The molecule has 3 aliphatic rings. The first kappa shape index (κ1) is 23.3. The SMILES string of the molecule is Cc1nnc2n1-c1sc3c(c1[C@H](c1ccccc1Cl)NC2)C[C@H](C(=O)NC1(c2ccc(Cl)cn2)CC1)C3. The first-order valence-electron chi connectivity index (χ1n) is 12.4. The van der Waals surface area contributed by atoms with E-state index in [1.807, 2.05) is 37.3 Å². The number of nitrogens with zero attached hydrogens (tertiary/aromatic N) is 4. The van der Waals surface area contributed by atoms with E-state index in [1.54, 1.807) is 17.5 Å². The summed E-state index contributed by atoms with van der Waals surface area (Å²) in [6, 6.07) is 11.6. The number of carbonyl (C=O) groups excluding carboxylic acids is 1. The molecule has 1 aromatic carbocycles. The van der Waals surface area contributed by atoms with Gasteiger partial charge in [-0.25, -0.2) is 0 Å². The van der Waals surface area contributed by atoms with E-state index in [9.17, 15) is 4.79 Å². The molecule has 0 radical (unpaired) electrons. The first-order valence-corrected chi connectivity index (χ1v) is 14.0. The maximum Gasteiger partial charge on any atom is 0.224 e. The molecular weight excluding hydrogens is 527 g/mol. The van der Waals surface area contributed by atoms with Gasteiger partial charge in [0, 0.05) is 27.6 Å². The molecule has 3 aromatic heterocycles. The number of aryl methyl sites for hydroxylation is 1. The van der Waals surface area contributed by atoms with Crippen LogP contribution in [0.15, 0.2) is 42.6 Å². The Hall–Kier alpha value is -2.78. The highest BCUT2D eigenvalue weighted by Crippen LogP contribution is 2.48. The lowest BCUT2D eigenvalue weighted by Crippen LogP contribution is -2.39. The van der Waals surface area contributed by atoms with E-state index in [-0.39, 0.29) is 23.4 Å². The van der Waals surface area contributed by atoms with Crippen molar-refractivity contribution in [2.45, 2.75) is 50.7 Å². The lowest BCUT2D eigenvalue weighted by atomic mass is 9.94. The number of benzene rings is 1. The van der Waals surface area contributed by atoms with E-state index >= 15 is 0 Å². The van der Waals surface area contributed by atoms with Crippen LogP contribution in [0, 0.1) is 12.8 Å². The lowest BCUT2D eigenvalue weighted by molar-refractivity contribution is -0.125. The molecule has 4 heterocycles. The van der Waals surface area contributed by atoms with Gasteiger partial charge in [0.25, 0.3) is 0 Å². The van der Waals surface area contributed by atoms with Crippen LogP contribution in [-0.2, 0) is 29.7 Å². The van der Waals surface area contributed by atoms with Crippen LogP contribution in [0.3, 0.4) is 0 Å². The van der Waals surface area contributed by atoms with Crippen molar-refractivity contribution in [2.24, 2.45) is 5.92 Å². The molecule has 7 rings (SSSR count). The number of hydrogen-bond acceptors (Lipinski definition) is 6. The summed E-state index contributed by atoms with van der Waals surface area (Å²) >= 11 is 14.5. The smallest absolute Gasteiger partial charge is 0.224 e. The normalized spacial score (nSPS) is 21.1. The predicted octanol–water partition coefficient (Wildman–Crippen LogP) is 5.05. The van der Waals surface area contributed by atoms with E-state index in [0.29, 0.717) is 24.4 Å². The third-order valence-corrected chi connectivity index (χ3v) is 9.58. The maximum absolute atomic E-state index is 13.5. The molecule has 7 nitrogen and oxygen atoms in total. The average molecular weight is 552 g/mol. The van der Waals surface area contributed by atoms with E-state index in [1.165, 1.54) is 16.0 Å². The first-order chi connectivity index (χ1) is 17.9. The number of rotatable bonds is 4. The Bertz CT molecular complexity index is 1540. The molecule has 10 heteroatoms. The van der Waals surface area contributed by atoms with Gasteiger partial charge in [-0.05, 0) is 61.9 Å². The maximum atomic E-state index is 13.5. The van der Waals surface area contributed by atoms with Crippen molar-refractivity contribution >= 4 is 40.4 Å². The highest BCUT2D eigenvalue weighted by atomic mass is 35.5. The zero-order valence-corrected chi connectivity index (χ0v) is 22.4. The van der Waals surface area contributed by atoms with Gasteiger partial charge in [0.15, 0.2) is 5.82 Å². The molecule has 0 unspecified atom stereocenters. The van der Waals surface area contributed by atoms with Gasteiger partial charge in [-0.2, -0.15) is 0 Å². The second-order valence-corrected chi connectivity index (χ2v) is 12.0. The van der Waals surface area contributed by atoms with E-state index < -0.39 is 0 Å². The molecule has 2 atom stereocenters. The molecule has 1 saturated carbocycles. The van der Waals surface area contributed by atoms with Gasteiger partial charge in [0.05, 0.1) is 28.8 Å². The van der Waals surface area contributed by atoms with Crippen LogP contribution < -0.4 is 10.6 Å². The Morgan fingerprint density at radius 3 is 2.76 bits per heavy atom. The molecule has 37 heavy (non-hydrogen) atoms. The van der Waals surface area contributed by atoms with Gasteiger partial charge in [-0.3, -0.25) is 19.7 Å². The summed E-state index contributed by atoms with van der Waals surface area (Å²) in [4.78, 5) is 19.3. The zero-order chi connectivity index (χ0) is 25.3. The van der Waals surface area contributed by atoms with Crippen molar-refractivity contribution in [3.05, 3.63) is 91.6 Å². The van der Waals surface area contributed by atoms with Gasteiger partial charge in [-0.15, -0.1) is 21.5 Å². The zero-order valence-electron chi connectivity index (χ0n) is 20.1. The van der Waals surface area contributed by atoms with Crippen LogP contribution in [0.4, 0.5) is 0 Å². The van der Waals surface area contributed by atoms with Crippen LogP contribution in [0.1, 0.15) is 57.8 Å². The molecule has 0 spiro atoms. The monoisotopic (exact) mass is 550 g/mol. The molecule has 188 valence electrons.